The van der Waals surface area contributed by atoms with Crippen LogP contribution in [0.5, 0.6) is 0 Å². The Morgan fingerprint density at radius 2 is 2.24 bits per heavy atom. The van der Waals surface area contributed by atoms with Crippen molar-refractivity contribution in [2.45, 2.75) is 18.9 Å². The van der Waals surface area contributed by atoms with E-state index in [1.807, 2.05) is 12.1 Å². The van der Waals surface area contributed by atoms with Crippen molar-refractivity contribution in [2.24, 2.45) is 10.7 Å². The van der Waals surface area contributed by atoms with Crippen LogP contribution in [0, 0.1) is 0 Å². The third-order valence-corrected chi connectivity index (χ3v) is 3.36. The maximum atomic E-state index is 5.90. The molecule has 0 radical (unpaired) electrons. The molecule has 90 valence electrons. The van der Waals surface area contributed by atoms with Crippen LogP contribution in [-0.4, -0.2) is 30.0 Å². The van der Waals surface area contributed by atoms with Crippen molar-refractivity contribution in [1.29, 1.82) is 0 Å². The molecule has 0 bridgehead atoms. The first-order valence-electron chi connectivity index (χ1n) is 5.96. The molecule has 0 saturated carbocycles. The molecule has 1 aliphatic heterocycles. The molecular formula is C14H19N3. The largest absolute Gasteiger partial charge is 0.370 e. The number of hydrogen-bond donors (Lipinski definition) is 1. The van der Waals surface area contributed by atoms with Crippen molar-refractivity contribution in [3.05, 3.63) is 48.6 Å². The molecule has 0 spiro atoms. The monoisotopic (exact) mass is 229 g/mol. The first-order valence-corrected chi connectivity index (χ1v) is 5.96. The highest BCUT2D eigenvalue weighted by Crippen LogP contribution is 2.25. The van der Waals surface area contributed by atoms with Crippen LogP contribution in [0.2, 0.25) is 0 Å². The van der Waals surface area contributed by atoms with E-state index in [2.05, 4.69) is 47.7 Å². The molecule has 1 aromatic carbocycles. The van der Waals surface area contributed by atoms with Crippen LogP contribution in [0.3, 0.4) is 0 Å². The highest BCUT2D eigenvalue weighted by atomic mass is 15.3. The zero-order valence-corrected chi connectivity index (χ0v) is 10.2. The fraction of sp³-hybridized carbons (Fsp3) is 0.357. The lowest BCUT2D eigenvalue weighted by atomic mass is 9.93. The normalized spacial score (nSPS) is 21.1. The fourth-order valence-electron chi connectivity index (χ4n) is 2.32. The van der Waals surface area contributed by atoms with Crippen molar-refractivity contribution >= 4 is 5.96 Å². The smallest absolute Gasteiger partial charge is 0.191 e. The van der Waals surface area contributed by atoms with E-state index in [9.17, 15) is 0 Å². The number of aliphatic imine (C=N–C) groups is 1. The highest BCUT2D eigenvalue weighted by Gasteiger charge is 2.30. The Hall–Kier alpha value is -1.77. The minimum atomic E-state index is 0.343. The van der Waals surface area contributed by atoms with E-state index in [1.54, 1.807) is 0 Å². The summed E-state index contributed by atoms with van der Waals surface area (Å²) in [5.41, 5.74) is 7.23. The zero-order valence-electron chi connectivity index (χ0n) is 10.2. The van der Waals surface area contributed by atoms with E-state index < -0.39 is 0 Å². The summed E-state index contributed by atoms with van der Waals surface area (Å²) in [5.74, 6) is 1.05. The molecule has 2 unspecified atom stereocenters. The molecule has 0 fully saturated rings. The Bertz CT molecular complexity index is 411. The predicted octanol–water partition coefficient (Wildman–Crippen LogP) is 1.98. The molecule has 1 heterocycles. The van der Waals surface area contributed by atoms with Crippen LogP contribution in [0.15, 0.2) is 48.0 Å². The number of nitrogens with two attached hydrogens (primary N) is 1. The van der Waals surface area contributed by atoms with Gasteiger partial charge in [0.25, 0.3) is 0 Å². The Labute approximate surface area is 103 Å². The van der Waals surface area contributed by atoms with Gasteiger partial charge in [-0.2, -0.15) is 0 Å². The van der Waals surface area contributed by atoms with Crippen LogP contribution in [0.4, 0.5) is 0 Å². The third-order valence-electron chi connectivity index (χ3n) is 3.36. The molecule has 17 heavy (non-hydrogen) atoms. The van der Waals surface area contributed by atoms with Crippen LogP contribution < -0.4 is 5.73 Å². The van der Waals surface area contributed by atoms with Crippen molar-refractivity contribution in [2.75, 3.05) is 13.1 Å². The number of benzene rings is 1. The highest BCUT2D eigenvalue weighted by molar-refractivity contribution is 5.80. The lowest BCUT2D eigenvalue weighted by molar-refractivity contribution is 0.330. The van der Waals surface area contributed by atoms with Crippen molar-refractivity contribution in [3.8, 4) is 0 Å². The van der Waals surface area contributed by atoms with Gasteiger partial charge in [0.2, 0.25) is 0 Å². The standard InChI is InChI=1S/C14H19N3/c1-3-9-17-13(10-16-14(17)15)11(2)12-7-5-4-6-8-12/h3-8,11,13H,1,9-10H2,2H3,(H2,15,16). The van der Waals surface area contributed by atoms with E-state index in [0.717, 1.165) is 13.1 Å². The summed E-state index contributed by atoms with van der Waals surface area (Å²) in [6.07, 6.45) is 1.87. The Morgan fingerprint density at radius 3 is 2.88 bits per heavy atom. The van der Waals surface area contributed by atoms with E-state index >= 15 is 0 Å². The molecule has 0 saturated heterocycles. The molecule has 2 rings (SSSR count). The van der Waals surface area contributed by atoms with Gasteiger partial charge >= 0.3 is 0 Å². The molecule has 0 amide bonds. The number of guanidine groups is 1. The average molecular weight is 229 g/mol. The van der Waals surface area contributed by atoms with Gasteiger partial charge in [-0.15, -0.1) is 6.58 Å². The Morgan fingerprint density at radius 1 is 1.53 bits per heavy atom. The molecule has 0 aliphatic carbocycles. The van der Waals surface area contributed by atoms with Crippen molar-refractivity contribution < 1.29 is 0 Å². The molecule has 1 aliphatic rings. The molecule has 2 atom stereocenters. The summed E-state index contributed by atoms with van der Waals surface area (Å²) in [6, 6.07) is 10.8. The Kier molecular flexibility index (Phi) is 3.47. The van der Waals surface area contributed by atoms with Gasteiger partial charge in [-0.05, 0) is 5.56 Å². The second-order valence-electron chi connectivity index (χ2n) is 4.41. The van der Waals surface area contributed by atoms with Crippen LogP contribution in [-0.2, 0) is 0 Å². The van der Waals surface area contributed by atoms with Gasteiger partial charge in [0, 0.05) is 12.5 Å². The third kappa shape index (κ3) is 2.33. The Balaban J connectivity index is 2.15. The maximum Gasteiger partial charge on any atom is 0.191 e. The van der Waals surface area contributed by atoms with Gasteiger partial charge in [-0.3, -0.25) is 4.99 Å². The van der Waals surface area contributed by atoms with E-state index in [1.165, 1.54) is 5.56 Å². The van der Waals surface area contributed by atoms with E-state index in [-0.39, 0.29) is 0 Å². The lowest BCUT2D eigenvalue weighted by Crippen LogP contribution is -2.43. The van der Waals surface area contributed by atoms with E-state index in [0.29, 0.717) is 17.9 Å². The van der Waals surface area contributed by atoms with Gasteiger partial charge in [0.1, 0.15) is 0 Å². The second kappa shape index (κ2) is 5.04. The summed E-state index contributed by atoms with van der Waals surface area (Å²) in [4.78, 5) is 6.47. The summed E-state index contributed by atoms with van der Waals surface area (Å²) in [6.45, 7) is 7.53. The number of rotatable bonds is 4. The molecule has 2 N–H and O–H groups in total. The summed E-state index contributed by atoms with van der Waals surface area (Å²) < 4.78 is 0. The quantitative estimate of drug-likeness (QED) is 0.802. The van der Waals surface area contributed by atoms with Gasteiger partial charge in [-0.1, -0.05) is 43.3 Å². The minimum Gasteiger partial charge on any atom is -0.370 e. The lowest BCUT2D eigenvalue weighted by Gasteiger charge is -2.30. The zero-order chi connectivity index (χ0) is 12.3. The number of hydrogen-bond acceptors (Lipinski definition) is 3. The molecule has 3 heteroatoms. The molecular weight excluding hydrogens is 210 g/mol. The van der Waals surface area contributed by atoms with E-state index in [4.69, 9.17) is 5.73 Å². The summed E-state index contributed by atoms with van der Waals surface area (Å²) in [5, 5.41) is 0. The van der Waals surface area contributed by atoms with Crippen LogP contribution in [0.1, 0.15) is 18.4 Å². The summed E-state index contributed by atoms with van der Waals surface area (Å²) in [7, 11) is 0. The van der Waals surface area contributed by atoms with Crippen molar-refractivity contribution in [3.63, 3.8) is 0 Å². The van der Waals surface area contributed by atoms with Gasteiger partial charge in [0.15, 0.2) is 5.96 Å². The van der Waals surface area contributed by atoms with Gasteiger partial charge in [-0.25, -0.2) is 0 Å². The van der Waals surface area contributed by atoms with Crippen LogP contribution >= 0.6 is 0 Å². The average Bonchev–Trinajstić information content (AvgIpc) is 2.72. The first-order chi connectivity index (χ1) is 8.24. The maximum absolute atomic E-state index is 5.90. The second-order valence-corrected chi connectivity index (χ2v) is 4.41. The topological polar surface area (TPSA) is 41.6 Å². The molecule has 1 aromatic rings. The van der Waals surface area contributed by atoms with Crippen molar-refractivity contribution in [1.82, 2.24) is 4.90 Å². The number of nitrogens with zero attached hydrogens (tertiary/aromatic N) is 2. The fourth-order valence-corrected chi connectivity index (χ4v) is 2.32. The predicted molar refractivity (Wildman–Crippen MR) is 72.0 cm³/mol. The van der Waals surface area contributed by atoms with Gasteiger partial charge in [0.05, 0.1) is 12.6 Å². The SMILES string of the molecule is C=CCN1C(N)=NCC1C(C)c1ccccc1. The molecule has 3 nitrogen and oxygen atoms in total. The molecule has 0 aromatic heterocycles. The van der Waals surface area contributed by atoms with Gasteiger partial charge < -0.3 is 10.6 Å². The summed E-state index contributed by atoms with van der Waals surface area (Å²) >= 11 is 0. The van der Waals surface area contributed by atoms with Crippen LogP contribution in [0.25, 0.3) is 0 Å². The first kappa shape index (κ1) is 11.7. The minimum absolute atomic E-state index is 0.343.